The average molecular weight is 830 g/mol. The summed E-state index contributed by atoms with van der Waals surface area (Å²) in [5.74, 6) is 5.83. The molecule has 0 N–H and O–H groups in total. The van der Waals surface area contributed by atoms with Gasteiger partial charge in [-0.1, -0.05) is 30.3 Å². The molecule has 0 saturated carbocycles. The molecular weight excluding hydrogens is 793 g/mol. The van der Waals surface area contributed by atoms with Gasteiger partial charge in [0.1, 0.15) is 0 Å². The van der Waals surface area contributed by atoms with Crippen molar-refractivity contribution < 1.29 is 8.83 Å². The van der Waals surface area contributed by atoms with Crippen molar-refractivity contribution in [2.24, 2.45) is 0 Å². The molecule has 0 fully saturated rings. The van der Waals surface area contributed by atoms with Gasteiger partial charge in [-0.05, 0) is 0 Å². The second-order valence-corrected chi connectivity index (χ2v) is 25.9. The van der Waals surface area contributed by atoms with E-state index in [1.807, 2.05) is 30.5 Å². The molecule has 5 heteroatoms. The van der Waals surface area contributed by atoms with Crippen LogP contribution in [0.1, 0.15) is 22.3 Å². The van der Waals surface area contributed by atoms with Crippen LogP contribution in [-0.2, 0) is 5.41 Å². The number of fused-ring (bicyclic) bond motifs is 17. The zero-order valence-electron chi connectivity index (χ0n) is 33.0. The number of hydrogen-bond donors (Lipinski definition) is 0. The quantitative estimate of drug-likeness (QED) is 0.166. The van der Waals surface area contributed by atoms with Crippen molar-refractivity contribution in [1.82, 2.24) is 9.97 Å². The van der Waals surface area contributed by atoms with Crippen molar-refractivity contribution >= 4 is 65.9 Å². The van der Waals surface area contributed by atoms with Crippen molar-refractivity contribution in [3.63, 3.8) is 0 Å². The SMILES string of the molecule is [CH3][Ge]1([CH3])[c]2ccccc2C2(c3cccc[c]31)c1cc(-c3cccc(-c4ccnc(-c5ccccc5)n4)c3)c3c(oc4ccccc43)c1-c1c2ccc2oc3ccccc3c12. The van der Waals surface area contributed by atoms with E-state index < -0.39 is 18.7 Å². The van der Waals surface area contributed by atoms with Crippen LogP contribution in [-0.4, -0.2) is 23.2 Å². The predicted octanol–water partition coefficient (Wildman–Crippen LogP) is 12.8. The molecule has 1 spiro atoms. The molecule has 0 bridgehead atoms. The molecule has 2 aliphatic rings. The molecule has 0 atom stereocenters. The van der Waals surface area contributed by atoms with E-state index >= 15 is 0 Å². The van der Waals surface area contributed by atoms with E-state index in [-0.39, 0.29) is 0 Å². The van der Waals surface area contributed by atoms with E-state index in [9.17, 15) is 0 Å². The summed E-state index contributed by atoms with van der Waals surface area (Å²) in [6.07, 6.45) is 1.86. The van der Waals surface area contributed by atoms with Crippen LogP contribution in [0, 0.1) is 0 Å². The van der Waals surface area contributed by atoms with Gasteiger partial charge in [-0.15, -0.1) is 0 Å². The molecule has 0 amide bonds. The van der Waals surface area contributed by atoms with Gasteiger partial charge >= 0.3 is 310 Å². The van der Waals surface area contributed by atoms with E-state index in [0.717, 1.165) is 77.4 Å². The Hall–Kier alpha value is -7.02. The molecule has 282 valence electrons. The summed E-state index contributed by atoms with van der Waals surface area (Å²) in [4.78, 5) is 9.73. The fourth-order valence-electron chi connectivity index (χ4n) is 10.9. The zero-order valence-corrected chi connectivity index (χ0v) is 35.1. The van der Waals surface area contributed by atoms with Crippen LogP contribution in [0.4, 0.5) is 0 Å². The second kappa shape index (κ2) is 12.3. The Morgan fingerprint density at radius 1 is 0.467 bits per heavy atom. The van der Waals surface area contributed by atoms with E-state index in [2.05, 4.69) is 168 Å². The Morgan fingerprint density at radius 3 is 1.87 bits per heavy atom. The topological polar surface area (TPSA) is 52.1 Å². The summed E-state index contributed by atoms with van der Waals surface area (Å²) in [7, 11) is 0. The summed E-state index contributed by atoms with van der Waals surface area (Å²) in [6, 6.07) is 63.7. The number of rotatable bonds is 3. The third-order valence-electron chi connectivity index (χ3n) is 13.4. The summed E-state index contributed by atoms with van der Waals surface area (Å²) < 4.78 is 16.9. The van der Waals surface area contributed by atoms with Crippen LogP contribution < -0.4 is 8.79 Å². The molecule has 60 heavy (non-hydrogen) atoms. The van der Waals surface area contributed by atoms with Crippen LogP contribution in [0.3, 0.4) is 0 Å². The van der Waals surface area contributed by atoms with Gasteiger partial charge in [0.15, 0.2) is 0 Å². The Bertz CT molecular complexity index is 3550. The van der Waals surface area contributed by atoms with Gasteiger partial charge in [-0.3, -0.25) is 0 Å². The first-order chi connectivity index (χ1) is 29.5. The molecule has 4 nitrogen and oxygen atoms in total. The first-order valence-electron chi connectivity index (χ1n) is 20.6. The van der Waals surface area contributed by atoms with Gasteiger partial charge in [0.2, 0.25) is 0 Å². The van der Waals surface area contributed by atoms with Gasteiger partial charge in [0.05, 0.1) is 0 Å². The van der Waals surface area contributed by atoms with Crippen LogP contribution in [0.5, 0.6) is 0 Å². The molecule has 1 aliphatic heterocycles. The third kappa shape index (κ3) is 4.41. The van der Waals surface area contributed by atoms with Crippen molar-refractivity contribution in [3.05, 3.63) is 204 Å². The third-order valence-corrected chi connectivity index (χ3v) is 20.9. The minimum absolute atomic E-state index is 0.609. The van der Waals surface area contributed by atoms with Crippen LogP contribution in [0.25, 0.3) is 88.8 Å². The van der Waals surface area contributed by atoms with Gasteiger partial charge < -0.3 is 0 Å². The molecule has 8 aromatic carbocycles. The van der Waals surface area contributed by atoms with Crippen LogP contribution >= 0.6 is 0 Å². The maximum atomic E-state index is 7.24. The van der Waals surface area contributed by atoms with Gasteiger partial charge in [0, 0.05) is 5.56 Å². The normalized spacial score (nSPS) is 14.4. The fraction of sp³-hybridized carbons (Fsp3) is 0.0545. The number of hydrogen-bond acceptors (Lipinski definition) is 4. The average Bonchev–Trinajstić information content (AvgIpc) is 3.97. The maximum absolute atomic E-state index is 7.24. The first-order valence-corrected chi connectivity index (χ1v) is 26.9. The second-order valence-electron chi connectivity index (χ2n) is 16.8. The molecular formula is C55H36GeN2O2. The van der Waals surface area contributed by atoms with Crippen molar-refractivity contribution in [3.8, 4) is 44.9 Å². The van der Waals surface area contributed by atoms with Gasteiger partial charge in [0.25, 0.3) is 0 Å². The summed E-state index contributed by atoms with van der Waals surface area (Å²) in [5, 5.41) is 4.45. The summed E-state index contributed by atoms with van der Waals surface area (Å²) in [5.41, 5.74) is 15.7. The first kappa shape index (κ1) is 33.9. The Kier molecular flexibility index (Phi) is 6.93. The number of nitrogens with zero attached hydrogens (tertiary/aromatic N) is 2. The number of benzene rings is 8. The summed E-state index contributed by atoms with van der Waals surface area (Å²) >= 11 is -2.81. The van der Waals surface area contributed by atoms with E-state index in [0.29, 0.717) is 5.82 Å². The van der Waals surface area contributed by atoms with E-state index in [4.69, 9.17) is 13.8 Å². The minimum atomic E-state index is -2.81. The van der Waals surface area contributed by atoms with Crippen molar-refractivity contribution in [2.75, 3.05) is 0 Å². The fourth-order valence-corrected chi connectivity index (χ4v) is 17.6. The number of furan rings is 2. The van der Waals surface area contributed by atoms with E-state index in [1.54, 1.807) is 0 Å². The molecule has 11 aromatic rings. The van der Waals surface area contributed by atoms with Crippen LogP contribution in [0.2, 0.25) is 11.5 Å². The molecule has 0 unspecified atom stereocenters. The zero-order chi connectivity index (χ0) is 39.7. The predicted molar refractivity (Wildman–Crippen MR) is 247 cm³/mol. The molecule has 0 radical (unpaired) electrons. The molecule has 0 saturated heterocycles. The Morgan fingerprint density at radius 2 is 1.10 bits per heavy atom. The van der Waals surface area contributed by atoms with Crippen molar-refractivity contribution in [1.29, 1.82) is 0 Å². The van der Waals surface area contributed by atoms with E-state index in [1.165, 1.54) is 36.6 Å². The molecule has 1 aliphatic carbocycles. The molecule has 13 rings (SSSR count). The monoisotopic (exact) mass is 830 g/mol. The Labute approximate surface area is 349 Å². The van der Waals surface area contributed by atoms with Gasteiger partial charge in [-0.2, -0.15) is 0 Å². The van der Waals surface area contributed by atoms with Gasteiger partial charge in [-0.25, -0.2) is 4.98 Å². The standard InChI is InChI=1S/C55H36GeN2O2/c1-56(2)43-23-10-8-21-39(43)55(40-22-9-11-24-44(40)56)41-27-28-48-50(37-20-7-12-25-46(37)59-48)51(41)52-42(55)32-38(49-36-19-6-13-26-47(36)60-53(49)52)34-17-14-18-35(31-34)45-29-30-57-54(58-45)33-15-4-3-5-16-33/h3-32H,1-2H3. The Balaban J connectivity index is 1.19. The summed E-state index contributed by atoms with van der Waals surface area (Å²) in [6.45, 7) is 0. The number of aromatic nitrogens is 2. The van der Waals surface area contributed by atoms with Crippen molar-refractivity contribution in [2.45, 2.75) is 16.9 Å². The van der Waals surface area contributed by atoms with Crippen LogP contribution in [0.15, 0.2) is 191 Å². The molecule has 4 heterocycles. The number of para-hydroxylation sites is 2. The molecule has 3 aromatic heterocycles.